The van der Waals surface area contributed by atoms with Crippen molar-refractivity contribution < 1.29 is 24.6 Å². The number of carbonyl (C=O) groups is 3. The van der Waals surface area contributed by atoms with Crippen molar-refractivity contribution in [1.82, 2.24) is 4.90 Å². The first-order valence-corrected chi connectivity index (χ1v) is 6.89. The van der Waals surface area contributed by atoms with Crippen molar-refractivity contribution in [3.8, 4) is 0 Å². The summed E-state index contributed by atoms with van der Waals surface area (Å²) in [6.45, 7) is -1.55. The topological polar surface area (TPSA) is 107 Å². The minimum atomic E-state index is -1.35. The molecule has 7 nitrogen and oxygen atoms in total. The van der Waals surface area contributed by atoms with Gasteiger partial charge in [-0.3, -0.25) is 9.59 Å². The molecule has 0 bridgehead atoms. The van der Waals surface area contributed by atoms with E-state index in [0.717, 1.165) is 0 Å². The van der Waals surface area contributed by atoms with Gasteiger partial charge in [-0.05, 0) is 12.1 Å². The quantitative estimate of drug-likeness (QED) is 0.705. The molecule has 10 heteroatoms. The smallest absolute Gasteiger partial charge is 0.323 e. The number of rotatable bonds is 5. The van der Waals surface area contributed by atoms with Crippen LogP contribution in [0.1, 0.15) is 0 Å². The van der Waals surface area contributed by atoms with Crippen molar-refractivity contribution in [1.29, 1.82) is 0 Å². The number of hydrogen-bond acceptors (Lipinski definition) is 3. The van der Waals surface area contributed by atoms with Crippen LogP contribution in [0.3, 0.4) is 0 Å². The van der Waals surface area contributed by atoms with E-state index in [1.165, 1.54) is 12.1 Å². The minimum Gasteiger partial charge on any atom is -0.480 e. The van der Waals surface area contributed by atoms with Gasteiger partial charge in [0.1, 0.15) is 13.1 Å². The Bertz CT molecular complexity index is 557. The summed E-state index contributed by atoms with van der Waals surface area (Å²) in [5.74, 6) is -2.70. The van der Waals surface area contributed by atoms with Gasteiger partial charge in [0, 0.05) is 4.47 Å². The fraction of sp³-hybridized carbons (Fsp3) is 0.182. The minimum absolute atomic E-state index is 0.0623. The van der Waals surface area contributed by atoms with Crippen molar-refractivity contribution in [2.24, 2.45) is 0 Å². The van der Waals surface area contributed by atoms with E-state index < -0.39 is 31.1 Å². The average Bonchev–Trinajstić information content (AvgIpc) is 2.31. The monoisotopic (exact) mass is 398 g/mol. The second-order valence-electron chi connectivity index (χ2n) is 3.82. The third-order valence-corrected chi connectivity index (χ3v) is 3.23. The van der Waals surface area contributed by atoms with E-state index in [4.69, 9.17) is 33.4 Å². The lowest BCUT2D eigenvalue weighted by atomic mass is 10.3. The van der Waals surface area contributed by atoms with Crippen LogP contribution in [0.5, 0.6) is 0 Å². The molecule has 0 aliphatic heterocycles. The first-order valence-electron chi connectivity index (χ1n) is 5.34. The van der Waals surface area contributed by atoms with E-state index in [1.54, 1.807) is 0 Å². The van der Waals surface area contributed by atoms with Gasteiger partial charge in [-0.25, -0.2) is 4.79 Å². The lowest BCUT2D eigenvalue weighted by Crippen LogP contribution is -2.42. The molecular formula is C11H9BrCl2N2O5. The van der Waals surface area contributed by atoms with Gasteiger partial charge in [-0.1, -0.05) is 39.1 Å². The maximum Gasteiger partial charge on any atom is 0.323 e. The van der Waals surface area contributed by atoms with E-state index in [9.17, 15) is 14.4 Å². The summed E-state index contributed by atoms with van der Waals surface area (Å²) in [4.78, 5) is 33.8. The molecular weight excluding hydrogens is 391 g/mol. The molecule has 0 unspecified atom stereocenters. The normalized spacial score (nSPS) is 10.0. The predicted octanol–water partition coefficient (Wildman–Crippen LogP) is 2.76. The zero-order valence-corrected chi connectivity index (χ0v) is 13.4. The number of aliphatic carboxylic acids is 2. The fourth-order valence-corrected chi connectivity index (χ4v) is 2.68. The SMILES string of the molecule is O=C(O)CN(CC(=O)O)C(=O)Nc1c(Cl)cc(Br)cc1Cl. The molecule has 114 valence electrons. The number of carboxylic acids is 2. The highest BCUT2D eigenvalue weighted by Gasteiger charge is 2.21. The third-order valence-electron chi connectivity index (χ3n) is 2.18. The zero-order chi connectivity index (χ0) is 16.2. The Balaban J connectivity index is 2.96. The van der Waals surface area contributed by atoms with Crippen LogP contribution >= 0.6 is 39.1 Å². The largest absolute Gasteiger partial charge is 0.480 e. The molecule has 0 aliphatic carbocycles. The summed E-state index contributed by atoms with van der Waals surface area (Å²) < 4.78 is 0.587. The molecule has 0 aromatic heterocycles. The number of anilines is 1. The molecule has 0 saturated heterocycles. The second-order valence-corrected chi connectivity index (χ2v) is 5.55. The van der Waals surface area contributed by atoms with Crippen molar-refractivity contribution >= 4 is 62.8 Å². The summed E-state index contributed by atoms with van der Waals surface area (Å²) in [5.41, 5.74) is 0.0623. The molecule has 1 aromatic carbocycles. The highest BCUT2D eigenvalue weighted by atomic mass is 79.9. The van der Waals surface area contributed by atoms with E-state index in [-0.39, 0.29) is 15.7 Å². The van der Waals surface area contributed by atoms with Gasteiger partial charge in [0.25, 0.3) is 0 Å². The number of benzene rings is 1. The molecule has 0 fully saturated rings. The van der Waals surface area contributed by atoms with Crippen molar-refractivity contribution in [3.63, 3.8) is 0 Å². The maximum atomic E-state index is 11.9. The maximum absolute atomic E-state index is 11.9. The van der Waals surface area contributed by atoms with Crippen molar-refractivity contribution in [2.45, 2.75) is 0 Å². The highest BCUT2D eigenvalue weighted by Crippen LogP contribution is 2.33. The summed E-state index contributed by atoms with van der Waals surface area (Å²) in [7, 11) is 0. The second kappa shape index (κ2) is 7.48. The van der Waals surface area contributed by atoms with Gasteiger partial charge >= 0.3 is 18.0 Å². The Morgan fingerprint density at radius 2 is 1.52 bits per heavy atom. The fourth-order valence-electron chi connectivity index (χ4n) is 1.37. The molecule has 0 radical (unpaired) electrons. The van der Waals surface area contributed by atoms with Crippen LogP contribution in [-0.2, 0) is 9.59 Å². The first kappa shape index (κ1) is 17.5. The predicted molar refractivity (Wildman–Crippen MR) is 80.0 cm³/mol. The Morgan fingerprint density at radius 1 is 1.10 bits per heavy atom. The van der Waals surface area contributed by atoms with Gasteiger partial charge in [-0.15, -0.1) is 0 Å². The van der Waals surface area contributed by atoms with E-state index >= 15 is 0 Å². The lowest BCUT2D eigenvalue weighted by Gasteiger charge is -2.20. The van der Waals surface area contributed by atoms with Crippen LogP contribution in [0.25, 0.3) is 0 Å². The van der Waals surface area contributed by atoms with E-state index in [2.05, 4.69) is 21.2 Å². The molecule has 3 N–H and O–H groups in total. The van der Waals surface area contributed by atoms with E-state index in [0.29, 0.717) is 9.37 Å². The number of carboxylic acid groups (broad SMARTS) is 2. The lowest BCUT2D eigenvalue weighted by molar-refractivity contribution is -0.140. The Kier molecular flexibility index (Phi) is 6.25. The number of nitrogens with zero attached hydrogens (tertiary/aromatic N) is 1. The van der Waals surface area contributed by atoms with Crippen molar-refractivity contribution in [2.75, 3.05) is 18.4 Å². The number of nitrogens with one attached hydrogen (secondary N) is 1. The van der Waals surface area contributed by atoms with Gasteiger partial charge in [0.05, 0.1) is 15.7 Å². The average molecular weight is 400 g/mol. The zero-order valence-electron chi connectivity index (χ0n) is 10.3. The molecule has 1 aromatic rings. The molecule has 1 rings (SSSR count). The third kappa shape index (κ3) is 5.41. The van der Waals surface area contributed by atoms with Crippen LogP contribution in [0.4, 0.5) is 10.5 Å². The van der Waals surface area contributed by atoms with Gasteiger partial charge in [0.15, 0.2) is 0 Å². The van der Waals surface area contributed by atoms with Gasteiger partial charge in [0.2, 0.25) is 0 Å². The Morgan fingerprint density at radius 3 is 1.90 bits per heavy atom. The summed E-state index contributed by atoms with van der Waals surface area (Å²) in [6.07, 6.45) is 0. The van der Waals surface area contributed by atoms with Crippen LogP contribution in [0, 0.1) is 0 Å². The Labute approximate surface area is 137 Å². The molecule has 2 amide bonds. The molecule has 0 atom stereocenters. The van der Waals surface area contributed by atoms with E-state index in [1.807, 2.05) is 0 Å². The van der Waals surface area contributed by atoms with Crippen LogP contribution < -0.4 is 5.32 Å². The van der Waals surface area contributed by atoms with Crippen LogP contribution in [-0.4, -0.2) is 46.2 Å². The number of carbonyl (C=O) groups excluding carboxylic acids is 1. The van der Waals surface area contributed by atoms with Crippen LogP contribution in [0.15, 0.2) is 16.6 Å². The molecule has 21 heavy (non-hydrogen) atoms. The standard InChI is InChI=1S/C11H9BrCl2N2O5/c12-5-1-6(13)10(7(14)2-5)15-11(21)16(3-8(17)18)4-9(19)20/h1-2H,3-4H2,(H,15,21)(H,17,18)(H,19,20). The molecule has 0 heterocycles. The number of halogens is 3. The number of hydrogen-bond donors (Lipinski definition) is 3. The molecule has 0 spiro atoms. The molecule has 0 saturated carbocycles. The summed E-state index contributed by atoms with van der Waals surface area (Å²) in [6, 6.07) is 2.01. The van der Waals surface area contributed by atoms with Crippen molar-refractivity contribution in [3.05, 3.63) is 26.7 Å². The summed E-state index contributed by atoms with van der Waals surface area (Å²) in [5, 5.41) is 19.9. The Hall–Kier alpha value is -1.51. The highest BCUT2D eigenvalue weighted by molar-refractivity contribution is 9.10. The van der Waals surface area contributed by atoms with Crippen LogP contribution in [0.2, 0.25) is 10.0 Å². The van der Waals surface area contributed by atoms with Gasteiger partial charge in [-0.2, -0.15) is 0 Å². The number of urea groups is 1. The summed E-state index contributed by atoms with van der Waals surface area (Å²) >= 11 is 15.0. The molecule has 0 aliphatic rings. The first-order chi connectivity index (χ1) is 9.70. The van der Waals surface area contributed by atoms with Gasteiger partial charge < -0.3 is 20.4 Å². The number of amides is 2.